The fourth-order valence-corrected chi connectivity index (χ4v) is 7.08. The van der Waals surface area contributed by atoms with E-state index in [4.69, 9.17) is 23.9 Å². The number of nitrogens with zero attached hydrogens (tertiary/aromatic N) is 2. The summed E-state index contributed by atoms with van der Waals surface area (Å²) in [6, 6.07) is 24.3. The van der Waals surface area contributed by atoms with Crippen molar-refractivity contribution < 1.29 is 23.7 Å². The Balaban J connectivity index is 1.51. The summed E-state index contributed by atoms with van der Waals surface area (Å²) in [4.78, 5) is 33.1. The van der Waals surface area contributed by atoms with Crippen LogP contribution in [0.1, 0.15) is 36.6 Å². The van der Waals surface area contributed by atoms with Gasteiger partial charge in [0.15, 0.2) is 16.3 Å². The normalized spacial score (nSPS) is 14.5. The zero-order valence-corrected chi connectivity index (χ0v) is 28.1. The van der Waals surface area contributed by atoms with Crippen LogP contribution in [0.3, 0.4) is 0 Å². The molecule has 0 fully saturated rings. The number of benzene rings is 4. The Hall–Kier alpha value is -4.67. The lowest BCUT2D eigenvalue weighted by atomic mass is 9.90. The summed E-state index contributed by atoms with van der Waals surface area (Å²) < 4.78 is 25.8. The third kappa shape index (κ3) is 5.86. The zero-order valence-electron chi connectivity index (χ0n) is 25.7. The summed E-state index contributed by atoms with van der Waals surface area (Å²) in [7, 11) is 3.16. The van der Waals surface area contributed by atoms with Crippen molar-refractivity contribution in [2.75, 3.05) is 20.8 Å². The Labute approximate surface area is 278 Å². The van der Waals surface area contributed by atoms with Crippen molar-refractivity contribution in [2.24, 2.45) is 4.99 Å². The minimum atomic E-state index is -0.828. The molecule has 0 aliphatic carbocycles. The Morgan fingerprint density at radius 1 is 0.978 bits per heavy atom. The highest BCUT2D eigenvalue weighted by Crippen LogP contribution is 2.40. The highest BCUT2D eigenvalue weighted by Gasteiger charge is 2.36. The number of aromatic nitrogens is 1. The van der Waals surface area contributed by atoms with E-state index in [0.717, 1.165) is 26.4 Å². The van der Waals surface area contributed by atoms with E-state index < -0.39 is 12.0 Å². The molecule has 1 aromatic heterocycles. The van der Waals surface area contributed by atoms with Crippen LogP contribution in [0.25, 0.3) is 16.8 Å². The molecule has 0 saturated heterocycles. The molecule has 0 saturated carbocycles. The molecule has 1 atom stereocenters. The molecule has 2 heterocycles. The fraction of sp³-hybridized carbons (Fsp3) is 0.194. The first-order valence-electron chi connectivity index (χ1n) is 14.6. The molecule has 1 unspecified atom stereocenters. The lowest BCUT2D eigenvalue weighted by Crippen LogP contribution is -2.40. The molecular weight excluding hydrogens is 668 g/mol. The topological polar surface area (TPSA) is 88.4 Å². The van der Waals surface area contributed by atoms with Gasteiger partial charge in [-0.3, -0.25) is 9.36 Å². The Kier molecular flexibility index (Phi) is 9.10. The maximum Gasteiger partial charge on any atom is 0.338 e. The van der Waals surface area contributed by atoms with Gasteiger partial charge in [0.2, 0.25) is 0 Å². The van der Waals surface area contributed by atoms with Crippen molar-refractivity contribution in [1.82, 2.24) is 4.57 Å². The van der Waals surface area contributed by atoms with Crippen LogP contribution in [0.15, 0.2) is 104 Å². The number of methoxy groups -OCH3 is 2. The van der Waals surface area contributed by atoms with Gasteiger partial charge in [0, 0.05) is 10.0 Å². The average Bonchev–Trinajstić information content (AvgIpc) is 3.37. The van der Waals surface area contributed by atoms with Gasteiger partial charge in [-0.25, -0.2) is 9.79 Å². The van der Waals surface area contributed by atoms with Crippen LogP contribution in [-0.2, 0) is 16.1 Å². The number of halogens is 1. The van der Waals surface area contributed by atoms with Crippen molar-refractivity contribution in [3.05, 3.63) is 131 Å². The summed E-state index contributed by atoms with van der Waals surface area (Å²) in [5.74, 6) is 1.11. The second-order valence-electron chi connectivity index (χ2n) is 10.5. The zero-order chi connectivity index (χ0) is 32.4. The van der Waals surface area contributed by atoms with Crippen LogP contribution >= 0.6 is 27.3 Å². The molecule has 0 N–H and O–H groups in total. The quantitative estimate of drug-likeness (QED) is 0.168. The largest absolute Gasteiger partial charge is 0.496 e. The average molecular weight is 700 g/mol. The Bertz CT molecular complexity index is 2170. The number of fused-ring (bicyclic) bond motifs is 2. The number of thiazole rings is 1. The second-order valence-corrected chi connectivity index (χ2v) is 12.4. The van der Waals surface area contributed by atoms with Gasteiger partial charge in [0.1, 0.15) is 18.4 Å². The van der Waals surface area contributed by atoms with Gasteiger partial charge in [-0.15, -0.1) is 0 Å². The maximum absolute atomic E-state index is 14.4. The highest BCUT2D eigenvalue weighted by molar-refractivity contribution is 9.10. The molecule has 4 aromatic carbocycles. The summed E-state index contributed by atoms with van der Waals surface area (Å²) in [5.41, 5.74) is 2.91. The van der Waals surface area contributed by atoms with Crippen molar-refractivity contribution >= 4 is 50.1 Å². The lowest BCUT2D eigenvalue weighted by Gasteiger charge is -2.27. The number of hydrogen-bond donors (Lipinski definition) is 0. The number of esters is 1. The smallest absolute Gasteiger partial charge is 0.338 e. The van der Waals surface area contributed by atoms with Gasteiger partial charge < -0.3 is 18.9 Å². The molecule has 0 bridgehead atoms. The Morgan fingerprint density at radius 3 is 2.46 bits per heavy atom. The third-order valence-electron chi connectivity index (χ3n) is 7.75. The number of hydrogen-bond acceptors (Lipinski definition) is 8. The van der Waals surface area contributed by atoms with Crippen molar-refractivity contribution in [3.8, 4) is 17.2 Å². The molecule has 1 aliphatic rings. The number of carbonyl (C=O) groups excluding carboxylic acids is 1. The van der Waals surface area contributed by atoms with E-state index in [1.807, 2.05) is 78.9 Å². The molecule has 234 valence electrons. The van der Waals surface area contributed by atoms with E-state index >= 15 is 0 Å². The predicted molar refractivity (Wildman–Crippen MR) is 182 cm³/mol. The monoisotopic (exact) mass is 698 g/mol. The van der Waals surface area contributed by atoms with Crippen molar-refractivity contribution in [3.63, 3.8) is 0 Å². The lowest BCUT2D eigenvalue weighted by molar-refractivity contribution is -0.139. The summed E-state index contributed by atoms with van der Waals surface area (Å²) in [6.07, 6.45) is 1.79. The van der Waals surface area contributed by atoms with Gasteiger partial charge in [0.25, 0.3) is 5.56 Å². The van der Waals surface area contributed by atoms with Crippen LogP contribution in [-0.4, -0.2) is 31.4 Å². The van der Waals surface area contributed by atoms with E-state index in [-0.39, 0.29) is 12.2 Å². The van der Waals surface area contributed by atoms with E-state index in [1.54, 1.807) is 38.7 Å². The van der Waals surface area contributed by atoms with Crippen molar-refractivity contribution in [2.45, 2.75) is 26.5 Å². The van der Waals surface area contributed by atoms with Crippen LogP contribution < -0.4 is 29.1 Å². The summed E-state index contributed by atoms with van der Waals surface area (Å²) in [5, 5.41) is 1.81. The van der Waals surface area contributed by atoms with Gasteiger partial charge in [-0.05, 0) is 60.0 Å². The summed E-state index contributed by atoms with van der Waals surface area (Å²) in [6.45, 7) is 4.08. The molecule has 8 nitrogen and oxygen atoms in total. The maximum atomic E-state index is 14.4. The first-order chi connectivity index (χ1) is 22.3. The molecule has 5 aromatic rings. The first kappa shape index (κ1) is 31.3. The number of allylic oxidation sites excluding steroid dienone is 1. The van der Waals surface area contributed by atoms with Gasteiger partial charge in [0.05, 0.1) is 36.6 Å². The van der Waals surface area contributed by atoms with Crippen LogP contribution in [0, 0.1) is 0 Å². The second kappa shape index (κ2) is 13.4. The standard InChI is InChI=1S/C36H31BrN2O6S/c1-5-44-35(41)31-21(2)38-36-39(33(31)32-25-14-10-9-13-23(25)15-16-27(32)42-3)34(40)30(46-36)18-24-17-28(43-4)29(19-26(24)37)45-20-22-11-7-6-8-12-22/h6-19,33H,5,20H2,1-4H3. The van der Waals surface area contributed by atoms with Gasteiger partial charge >= 0.3 is 5.97 Å². The van der Waals surface area contributed by atoms with Gasteiger partial charge in [-0.2, -0.15) is 0 Å². The van der Waals surface area contributed by atoms with Crippen LogP contribution in [0.5, 0.6) is 17.2 Å². The molecule has 10 heteroatoms. The van der Waals surface area contributed by atoms with E-state index in [0.29, 0.717) is 50.0 Å². The SMILES string of the molecule is CCOC(=O)C1=C(C)N=c2sc(=Cc3cc(OC)c(OCc4ccccc4)cc3Br)c(=O)n2C1c1c(OC)ccc2ccccc12. The first-order valence-corrected chi connectivity index (χ1v) is 16.2. The highest BCUT2D eigenvalue weighted by atomic mass is 79.9. The van der Waals surface area contributed by atoms with Crippen LogP contribution in [0.4, 0.5) is 0 Å². The molecule has 6 rings (SSSR count). The fourth-order valence-electron chi connectivity index (χ4n) is 5.61. The molecule has 0 amide bonds. The summed E-state index contributed by atoms with van der Waals surface area (Å²) >= 11 is 4.91. The number of carbonyl (C=O) groups is 1. The molecule has 46 heavy (non-hydrogen) atoms. The minimum absolute atomic E-state index is 0.181. The van der Waals surface area contributed by atoms with E-state index in [1.165, 1.54) is 11.3 Å². The van der Waals surface area contributed by atoms with E-state index in [2.05, 4.69) is 15.9 Å². The molecular formula is C36H31BrN2O6S. The predicted octanol–water partition coefficient (Wildman–Crippen LogP) is 6.31. The number of ether oxygens (including phenoxy) is 4. The molecule has 1 aliphatic heterocycles. The van der Waals surface area contributed by atoms with E-state index in [9.17, 15) is 9.59 Å². The minimum Gasteiger partial charge on any atom is -0.496 e. The third-order valence-corrected chi connectivity index (χ3v) is 9.42. The molecule has 0 spiro atoms. The van der Waals surface area contributed by atoms with Gasteiger partial charge in [-0.1, -0.05) is 87.9 Å². The van der Waals surface area contributed by atoms with Crippen molar-refractivity contribution in [1.29, 1.82) is 0 Å². The molecule has 0 radical (unpaired) electrons. The van der Waals surface area contributed by atoms with Crippen LogP contribution in [0.2, 0.25) is 0 Å². The number of rotatable bonds is 9. The Morgan fingerprint density at radius 2 is 1.72 bits per heavy atom.